The van der Waals surface area contributed by atoms with E-state index in [0.717, 1.165) is 18.9 Å². The quantitative estimate of drug-likeness (QED) is 0.667. The topological polar surface area (TPSA) is 27.6 Å². The van der Waals surface area contributed by atoms with Crippen LogP contribution in [0.2, 0.25) is 0 Å². The highest BCUT2D eigenvalue weighted by molar-refractivity contribution is 5.82. The van der Waals surface area contributed by atoms with E-state index in [1.54, 1.807) is 7.05 Å². The van der Waals surface area contributed by atoms with Crippen LogP contribution in [-0.4, -0.2) is 36.0 Å². The van der Waals surface area contributed by atoms with Crippen LogP contribution >= 0.6 is 0 Å². The van der Waals surface area contributed by atoms with Gasteiger partial charge in [-0.3, -0.25) is 4.99 Å². The summed E-state index contributed by atoms with van der Waals surface area (Å²) < 4.78 is 27.8. The molecular weight excluding hydrogens is 296 g/mol. The van der Waals surface area contributed by atoms with Gasteiger partial charge in [0.1, 0.15) is 11.6 Å². The van der Waals surface area contributed by atoms with E-state index in [9.17, 15) is 8.78 Å². The zero-order chi connectivity index (χ0) is 17.0. The number of hydrogen-bond acceptors (Lipinski definition) is 1. The van der Waals surface area contributed by atoms with Crippen LogP contribution < -0.4 is 5.32 Å². The fourth-order valence-electron chi connectivity index (χ4n) is 3.37. The van der Waals surface area contributed by atoms with Crippen molar-refractivity contribution in [1.82, 2.24) is 10.2 Å². The molecule has 0 aromatic heterocycles. The molecule has 1 aromatic carbocycles. The second-order valence-electron chi connectivity index (χ2n) is 7.80. The number of guanidine groups is 1. The summed E-state index contributed by atoms with van der Waals surface area (Å²) in [4.78, 5) is 6.60. The maximum absolute atomic E-state index is 13.9. The number of hydrogen-bond donors (Lipinski definition) is 1. The summed E-state index contributed by atoms with van der Waals surface area (Å²) in [6.45, 7) is 9.80. The molecule has 1 saturated heterocycles. The molecule has 3 nitrogen and oxygen atoms in total. The lowest BCUT2D eigenvalue weighted by Crippen LogP contribution is -2.72. The Kier molecular flexibility index (Phi) is 3.65. The van der Waals surface area contributed by atoms with E-state index >= 15 is 0 Å². The predicted octanol–water partition coefficient (Wildman–Crippen LogP) is 3.52. The Labute approximate surface area is 136 Å². The molecule has 3 rings (SSSR count). The first kappa shape index (κ1) is 16.2. The number of likely N-dealkylation sites (tertiary alicyclic amines) is 1. The average molecular weight is 321 g/mol. The van der Waals surface area contributed by atoms with E-state index in [1.165, 1.54) is 18.2 Å². The van der Waals surface area contributed by atoms with Crippen LogP contribution in [0.25, 0.3) is 0 Å². The van der Waals surface area contributed by atoms with E-state index in [1.807, 2.05) is 0 Å². The van der Waals surface area contributed by atoms with Crippen LogP contribution in [0.4, 0.5) is 8.78 Å². The number of rotatable bonds is 2. The summed E-state index contributed by atoms with van der Waals surface area (Å²) in [5.74, 6) is -0.219. The molecule has 1 heterocycles. The third-order valence-electron chi connectivity index (χ3n) is 5.83. The third kappa shape index (κ3) is 2.50. The predicted molar refractivity (Wildman–Crippen MR) is 88.6 cm³/mol. The lowest BCUT2D eigenvalue weighted by molar-refractivity contribution is -0.0668. The molecule has 126 valence electrons. The second kappa shape index (κ2) is 5.18. The van der Waals surface area contributed by atoms with Gasteiger partial charge in [-0.25, -0.2) is 8.78 Å². The highest BCUT2D eigenvalue weighted by atomic mass is 19.1. The van der Waals surface area contributed by atoms with E-state index in [0.29, 0.717) is 0 Å². The van der Waals surface area contributed by atoms with Crippen LogP contribution in [-0.2, 0) is 0 Å². The van der Waals surface area contributed by atoms with Crippen molar-refractivity contribution < 1.29 is 8.78 Å². The molecule has 1 aliphatic carbocycles. The fourth-order valence-corrected chi connectivity index (χ4v) is 3.37. The van der Waals surface area contributed by atoms with Gasteiger partial charge in [-0.15, -0.1) is 0 Å². The third-order valence-corrected chi connectivity index (χ3v) is 5.83. The molecule has 1 N–H and O–H groups in total. The molecule has 5 heteroatoms. The van der Waals surface area contributed by atoms with Gasteiger partial charge in [-0.05, 0) is 32.4 Å². The van der Waals surface area contributed by atoms with Crippen LogP contribution in [0.3, 0.4) is 0 Å². The Morgan fingerprint density at radius 3 is 2.30 bits per heavy atom. The van der Waals surface area contributed by atoms with Crippen LogP contribution in [0.15, 0.2) is 23.2 Å². The highest BCUT2D eigenvalue weighted by Gasteiger charge is 2.54. The first-order valence-corrected chi connectivity index (χ1v) is 8.14. The maximum atomic E-state index is 13.9. The number of nitrogens with one attached hydrogen (secondary N) is 1. The standard InChI is InChI=1S/C18H25F2N3/c1-17(2)10-23(18(17,3)4)16(21-5)22-14-9-11(14)15-12(19)7-6-8-13(15)20/h6-8,11,14H,9-10H2,1-5H3,(H,21,22). The molecule has 2 atom stereocenters. The van der Waals surface area contributed by atoms with Gasteiger partial charge < -0.3 is 10.2 Å². The fraction of sp³-hybridized carbons (Fsp3) is 0.611. The van der Waals surface area contributed by atoms with Gasteiger partial charge in [0, 0.05) is 42.1 Å². The van der Waals surface area contributed by atoms with E-state index in [2.05, 4.69) is 42.9 Å². The molecule has 0 amide bonds. The minimum absolute atomic E-state index is 0.00246. The normalized spacial score (nSPS) is 28.3. The molecule has 0 bridgehead atoms. The SMILES string of the molecule is CN=C(NC1CC1c1c(F)cccc1F)N1CC(C)(C)C1(C)C. The van der Waals surface area contributed by atoms with Gasteiger partial charge in [0.2, 0.25) is 0 Å². The second-order valence-corrected chi connectivity index (χ2v) is 7.80. The van der Waals surface area contributed by atoms with Crippen molar-refractivity contribution in [3.05, 3.63) is 35.4 Å². The zero-order valence-electron chi connectivity index (χ0n) is 14.5. The van der Waals surface area contributed by atoms with Gasteiger partial charge >= 0.3 is 0 Å². The highest BCUT2D eigenvalue weighted by Crippen LogP contribution is 2.47. The minimum atomic E-state index is -0.459. The first-order chi connectivity index (χ1) is 10.7. The van der Waals surface area contributed by atoms with Crippen LogP contribution in [0, 0.1) is 17.0 Å². The Balaban J connectivity index is 1.70. The van der Waals surface area contributed by atoms with Crippen molar-refractivity contribution in [3.8, 4) is 0 Å². The average Bonchev–Trinajstić information content (AvgIpc) is 3.21. The molecule has 0 radical (unpaired) electrons. The number of aliphatic imine (C=N–C) groups is 1. The number of nitrogens with zero attached hydrogens (tertiary/aromatic N) is 2. The van der Waals surface area contributed by atoms with Gasteiger partial charge in [-0.1, -0.05) is 19.9 Å². The summed E-state index contributed by atoms with van der Waals surface area (Å²) in [5.41, 5.74) is 0.414. The first-order valence-electron chi connectivity index (χ1n) is 8.14. The molecule has 1 aromatic rings. The summed E-state index contributed by atoms with van der Waals surface area (Å²) in [7, 11) is 1.75. The van der Waals surface area contributed by atoms with Gasteiger partial charge in [0.05, 0.1) is 0 Å². The van der Waals surface area contributed by atoms with Crippen molar-refractivity contribution in [2.24, 2.45) is 10.4 Å². The Hall–Kier alpha value is -1.65. The Bertz CT molecular complexity index is 631. The van der Waals surface area contributed by atoms with E-state index < -0.39 is 11.6 Å². The number of benzene rings is 1. The summed E-state index contributed by atoms with van der Waals surface area (Å²) in [5, 5.41) is 3.38. The van der Waals surface area contributed by atoms with Gasteiger partial charge in [0.15, 0.2) is 5.96 Å². The van der Waals surface area contributed by atoms with Gasteiger partial charge in [0.25, 0.3) is 0 Å². The molecule has 23 heavy (non-hydrogen) atoms. The zero-order valence-corrected chi connectivity index (χ0v) is 14.5. The van der Waals surface area contributed by atoms with Crippen molar-refractivity contribution in [2.45, 2.75) is 51.6 Å². The van der Waals surface area contributed by atoms with Crippen LogP contribution in [0.1, 0.15) is 45.6 Å². The molecule has 2 unspecified atom stereocenters. The van der Waals surface area contributed by atoms with Crippen molar-refractivity contribution >= 4 is 5.96 Å². The maximum Gasteiger partial charge on any atom is 0.194 e. The van der Waals surface area contributed by atoms with Crippen molar-refractivity contribution in [3.63, 3.8) is 0 Å². The van der Waals surface area contributed by atoms with Crippen LogP contribution in [0.5, 0.6) is 0 Å². The lowest BCUT2D eigenvalue weighted by Gasteiger charge is -2.62. The molecule has 2 aliphatic rings. The molecular formula is C18H25F2N3. The smallest absolute Gasteiger partial charge is 0.194 e. The summed E-state index contributed by atoms with van der Waals surface area (Å²) in [6, 6.07) is 4.09. The largest absolute Gasteiger partial charge is 0.353 e. The van der Waals surface area contributed by atoms with Crippen molar-refractivity contribution in [2.75, 3.05) is 13.6 Å². The van der Waals surface area contributed by atoms with Gasteiger partial charge in [-0.2, -0.15) is 0 Å². The summed E-state index contributed by atoms with van der Waals surface area (Å²) in [6.07, 6.45) is 0.731. The molecule has 1 saturated carbocycles. The van der Waals surface area contributed by atoms with E-state index in [-0.39, 0.29) is 28.5 Å². The molecule has 0 spiro atoms. The molecule has 2 fully saturated rings. The van der Waals surface area contributed by atoms with Crippen molar-refractivity contribution in [1.29, 1.82) is 0 Å². The minimum Gasteiger partial charge on any atom is -0.353 e. The van der Waals surface area contributed by atoms with E-state index in [4.69, 9.17) is 0 Å². The lowest BCUT2D eigenvalue weighted by atomic mass is 9.65. The monoisotopic (exact) mass is 321 g/mol. The Morgan fingerprint density at radius 1 is 1.22 bits per heavy atom. The Morgan fingerprint density at radius 2 is 1.83 bits per heavy atom. The molecule has 1 aliphatic heterocycles. The summed E-state index contributed by atoms with van der Waals surface area (Å²) >= 11 is 0. The number of halogens is 2.